The number of ether oxygens (including phenoxy) is 4. The van der Waals surface area contributed by atoms with Gasteiger partial charge in [-0.1, -0.05) is 94.7 Å². The molecule has 2 atom stereocenters. The number of epoxide rings is 2. The normalized spacial score (nSPS) is 24.5. The second kappa shape index (κ2) is 11.2. The maximum Gasteiger partial charge on any atom is 0.127 e. The summed E-state index contributed by atoms with van der Waals surface area (Å²) in [5, 5.41) is 0. The van der Waals surface area contributed by atoms with E-state index in [1.165, 1.54) is 36.0 Å². The van der Waals surface area contributed by atoms with Crippen molar-refractivity contribution in [1.82, 2.24) is 0 Å². The van der Waals surface area contributed by atoms with Gasteiger partial charge < -0.3 is 18.9 Å². The summed E-state index contributed by atoms with van der Waals surface area (Å²) in [7, 11) is 0. The van der Waals surface area contributed by atoms with Gasteiger partial charge in [0.25, 0.3) is 0 Å². The number of allylic oxidation sites excluding steroid dienone is 4. The zero-order valence-electron chi connectivity index (χ0n) is 22.0. The number of hydrogen-bond acceptors (Lipinski definition) is 4. The first-order valence-corrected chi connectivity index (χ1v) is 13.6. The molecule has 0 spiro atoms. The molecule has 192 valence electrons. The van der Waals surface area contributed by atoms with Crippen molar-refractivity contribution >= 4 is 0 Å². The smallest absolute Gasteiger partial charge is 0.127 e. The molecule has 2 aromatic carbocycles. The van der Waals surface area contributed by atoms with Crippen LogP contribution in [0, 0.1) is 0 Å². The minimum atomic E-state index is 0.0605. The van der Waals surface area contributed by atoms with Crippen molar-refractivity contribution in [1.29, 1.82) is 0 Å². The predicted molar refractivity (Wildman–Crippen MR) is 144 cm³/mol. The van der Waals surface area contributed by atoms with E-state index < -0.39 is 0 Å². The van der Waals surface area contributed by atoms with Crippen LogP contribution in [0.25, 0.3) is 0 Å². The lowest BCUT2D eigenvalue weighted by atomic mass is 9.77. The number of unbranched alkanes of at least 4 members (excludes halogenated alkanes) is 2. The second-order valence-corrected chi connectivity index (χ2v) is 11.0. The second-order valence-electron chi connectivity index (χ2n) is 11.0. The standard InChI is InChI=1S/C32H40O4/c1-4-5-6-18-32(2,3)30-9-7-8-29(31(30)36-22-28-21-35-28)25-12-10-23(11-13-25)24-14-16-26(17-15-24)33-19-27-20-34-27/h7-17,23,25,27-28H,4-6,18-22H2,1-3H3. The molecule has 2 unspecified atom stereocenters. The van der Waals surface area contributed by atoms with Crippen LogP contribution in [0.5, 0.6) is 11.5 Å². The molecule has 3 aliphatic rings. The third kappa shape index (κ3) is 6.41. The highest BCUT2D eigenvalue weighted by Crippen LogP contribution is 2.42. The van der Waals surface area contributed by atoms with Gasteiger partial charge in [-0.25, -0.2) is 0 Å². The first-order chi connectivity index (χ1) is 17.5. The molecule has 4 heteroatoms. The average Bonchev–Trinajstić information content (AvgIpc) is 3.82. The van der Waals surface area contributed by atoms with Crippen LogP contribution < -0.4 is 9.47 Å². The van der Waals surface area contributed by atoms with Gasteiger partial charge in [0, 0.05) is 23.0 Å². The number of hydrogen-bond donors (Lipinski definition) is 0. The fourth-order valence-corrected chi connectivity index (χ4v) is 4.98. The highest BCUT2D eigenvalue weighted by atomic mass is 16.6. The van der Waals surface area contributed by atoms with Crippen molar-refractivity contribution in [2.75, 3.05) is 26.4 Å². The topological polar surface area (TPSA) is 43.5 Å². The van der Waals surface area contributed by atoms with Gasteiger partial charge in [-0.3, -0.25) is 0 Å². The Morgan fingerprint density at radius 2 is 1.44 bits per heavy atom. The van der Waals surface area contributed by atoms with E-state index in [1.54, 1.807) is 0 Å². The minimum Gasteiger partial charge on any atom is -0.491 e. The Bertz CT molecular complexity index is 1050. The molecular formula is C32H40O4. The summed E-state index contributed by atoms with van der Waals surface area (Å²) in [6, 6.07) is 15.1. The lowest BCUT2D eigenvalue weighted by Crippen LogP contribution is -2.21. The zero-order valence-corrected chi connectivity index (χ0v) is 22.0. The molecule has 4 nitrogen and oxygen atoms in total. The Morgan fingerprint density at radius 3 is 2.08 bits per heavy atom. The van der Waals surface area contributed by atoms with Gasteiger partial charge in [0.2, 0.25) is 0 Å². The summed E-state index contributed by atoms with van der Waals surface area (Å²) in [6.45, 7) is 9.86. The van der Waals surface area contributed by atoms with Crippen LogP contribution in [-0.2, 0) is 14.9 Å². The van der Waals surface area contributed by atoms with Gasteiger partial charge in [-0.15, -0.1) is 0 Å². The summed E-state index contributed by atoms with van der Waals surface area (Å²) in [6.07, 6.45) is 14.7. The highest BCUT2D eigenvalue weighted by Gasteiger charge is 2.30. The molecule has 0 radical (unpaired) electrons. The molecule has 0 bridgehead atoms. The van der Waals surface area contributed by atoms with E-state index in [-0.39, 0.29) is 29.5 Å². The van der Waals surface area contributed by atoms with Crippen LogP contribution in [0.3, 0.4) is 0 Å². The minimum absolute atomic E-state index is 0.0605. The van der Waals surface area contributed by atoms with E-state index in [0.29, 0.717) is 13.2 Å². The fraction of sp³-hybridized carbons (Fsp3) is 0.500. The highest BCUT2D eigenvalue weighted by molar-refractivity contribution is 5.51. The molecule has 5 rings (SSSR count). The van der Waals surface area contributed by atoms with Crippen LogP contribution in [0.15, 0.2) is 66.8 Å². The van der Waals surface area contributed by atoms with E-state index in [9.17, 15) is 0 Å². The van der Waals surface area contributed by atoms with E-state index in [4.69, 9.17) is 18.9 Å². The van der Waals surface area contributed by atoms with Gasteiger partial charge >= 0.3 is 0 Å². The van der Waals surface area contributed by atoms with Gasteiger partial charge in [0.1, 0.15) is 36.9 Å². The maximum atomic E-state index is 6.49. The molecular weight excluding hydrogens is 448 g/mol. The van der Waals surface area contributed by atoms with Crippen molar-refractivity contribution in [2.45, 2.75) is 75.9 Å². The van der Waals surface area contributed by atoms with Crippen LogP contribution in [0.2, 0.25) is 0 Å². The molecule has 1 aliphatic carbocycles. The van der Waals surface area contributed by atoms with E-state index in [2.05, 4.69) is 87.5 Å². The lowest BCUT2D eigenvalue weighted by Gasteiger charge is -2.30. The third-order valence-corrected chi connectivity index (χ3v) is 7.51. The molecule has 0 amide bonds. The van der Waals surface area contributed by atoms with Gasteiger partial charge in [0.05, 0.1) is 13.2 Å². The number of rotatable bonds is 13. The van der Waals surface area contributed by atoms with Gasteiger partial charge in [0.15, 0.2) is 0 Å². The van der Waals surface area contributed by atoms with Crippen LogP contribution in [-0.4, -0.2) is 38.6 Å². The molecule has 36 heavy (non-hydrogen) atoms. The molecule has 2 fully saturated rings. The van der Waals surface area contributed by atoms with E-state index >= 15 is 0 Å². The molecule has 0 aromatic heterocycles. The third-order valence-electron chi connectivity index (χ3n) is 7.51. The first-order valence-electron chi connectivity index (χ1n) is 13.6. The van der Waals surface area contributed by atoms with E-state index in [1.807, 2.05) is 0 Å². The van der Waals surface area contributed by atoms with Gasteiger partial charge in [-0.2, -0.15) is 0 Å². The van der Waals surface area contributed by atoms with Crippen molar-refractivity contribution in [2.24, 2.45) is 0 Å². The molecule has 2 saturated heterocycles. The van der Waals surface area contributed by atoms with Crippen LogP contribution in [0.4, 0.5) is 0 Å². The Kier molecular flexibility index (Phi) is 7.83. The summed E-state index contributed by atoms with van der Waals surface area (Å²) < 4.78 is 23.0. The van der Waals surface area contributed by atoms with E-state index in [0.717, 1.165) is 31.1 Å². The number of para-hydroxylation sites is 1. The van der Waals surface area contributed by atoms with Crippen molar-refractivity contribution < 1.29 is 18.9 Å². The SMILES string of the molecule is CCCCCC(C)(C)c1cccc(C2C=CC(c3ccc(OCC4CO4)cc3)C=C2)c1OCC1CO1. The Hall–Kier alpha value is -2.56. The largest absolute Gasteiger partial charge is 0.491 e. The Morgan fingerprint density at radius 1 is 0.806 bits per heavy atom. The molecule has 0 saturated carbocycles. The Labute approximate surface area is 216 Å². The molecule has 2 aliphatic heterocycles. The Balaban J connectivity index is 1.31. The summed E-state index contributed by atoms with van der Waals surface area (Å²) in [5.74, 6) is 2.41. The average molecular weight is 489 g/mol. The van der Waals surface area contributed by atoms with Crippen molar-refractivity contribution in [3.8, 4) is 11.5 Å². The molecule has 2 aromatic rings. The fourth-order valence-electron chi connectivity index (χ4n) is 4.98. The first kappa shape index (κ1) is 25.1. The summed E-state index contributed by atoms with van der Waals surface area (Å²) >= 11 is 0. The van der Waals surface area contributed by atoms with Crippen molar-refractivity contribution in [3.05, 3.63) is 83.5 Å². The lowest BCUT2D eigenvalue weighted by molar-refractivity contribution is 0.254. The molecule has 0 N–H and O–H groups in total. The number of benzene rings is 2. The summed E-state index contributed by atoms with van der Waals surface area (Å²) in [5.41, 5.74) is 3.89. The monoisotopic (exact) mass is 488 g/mol. The van der Waals surface area contributed by atoms with Crippen LogP contribution >= 0.6 is 0 Å². The molecule has 2 heterocycles. The van der Waals surface area contributed by atoms with Gasteiger partial charge in [-0.05, 0) is 29.5 Å². The zero-order chi connectivity index (χ0) is 25.0. The van der Waals surface area contributed by atoms with Crippen LogP contribution in [0.1, 0.15) is 75.0 Å². The van der Waals surface area contributed by atoms with Crippen molar-refractivity contribution in [3.63, 3.8) is 0 Å². The maximum absolute atomic E-state index is 6.49. The quantitative estimate of drug-likeness (QED) is 0.171. The predicted octanol–water partition coefficient (Wildman–Crippen LogP) is 7.09. The summed E-state index contributed by atoms with van der Waals surface area (Å²) in [4.78, 5) is 0.